The maximum Gasteiger partial charge on any atom is -0.0162 e. The Kier molecular flexibility index (Phi) is 58.6. The molecular weight excluding hydrogens is 901 g/mol. The molecule has 0 heterocycles. The van der Waals surface area contributed by atoms with Crippen LogP contribution >= 0.6 is 0 Å². The first-order chi connectivity index (χ1) is 37.2. The van der Waals surface area contributed by atoms with E-state index in [1.54, 1.807) is 22.3 Å². The quantitative estimate of drug-likeness (QED) is 0.0571. The second-order valence-electron chi connectivity index (χ2n) is 25.6. The summed E-state index contributed by atoms with van der Waals surface area (Å²) in [5, 5.41) is 0. The van der Waals surface area contributed by atoms with Gasteiger partial charge in [0.15, 0.2) is 0 Å². The lowest BCUT2D eigenvalue weighted by Crippen LogP contribution is -2.07. The van der Waals surface area contributed by atoms with E-state index in [1.165, 1.54) is 405 Å². The number of aryl methyl sites for hydroxylation is 2. The Labute approximate surface area is 477 Å². The third-order valence-electron chi connectivity index (χ3n) is 18.1. The molecule has 75 heavy (non-hydrogen) atoms. The van der Waals surface area contributed by atoms with Crippen molar-refractivity contribution < 1.29 is 0 Å². The van der Waals surface area contributed by atoms with E-state index in [2.05, 4.69) is 46.8 Å². The Morgan fingerprint density at radius 3 is 0.573 bits per heavy atom. The summed E-state index contributed by atoms with van der Waals surface area (Å²) in [4.78, 5) is 0. The SMILES string of the molecule is CCCCCCCCCCCCCCCCCCCCCCCCCCCCCC(CCCCCCCCCCCCCCCCCCCCCCCCCCC)c1cc(CCCC)c(CCCC)c(CCCC)c1. The van der Waals surface area contributed by atoms with Crippen LogP contribution in [0, 0.1) is 0 Å². The van der Waals surface area contributed by atoms with Crippen LogP contribution in [-0.4, -0.2) is 0 Å². The van der Waals surface area contributed by atoms with Crippen LogP contribution in [-0.2, 0) is 19.3 Å². The van der Waals surface area contributed by atoms with Crippen molar-refractivity contribution in [3.63, 3.8) is 0 Å². The number of rotatable bonds is 64. The number of unbranched alkanes of at least 4 members (excludes halogenated alkanes) is 53. The summed E-state index contributed by atoms with van der Waals surface area (Å²) in [6.45, 7) is 11.8. The first-order valence-electron chi connectivity index (χ1n) is 36.4. The predicted molar refractivity (Wildman–Crippen MR) is 346 cm³/mol. The van der Waals surface area contributed by atoms with Crippen molar-refractivity contribution in [2.75, 3.05) is 0 Å². The van der Waals surface area contributed by atoms with E-state index < -0.39 is 0 Å². The third-order valence-corrected chi connectivity index (χ3v) is 18.1. The Balaban J connectivity index is 2.28. The summed E-state index contributed by atoms with van der Waals surface area (Å²) in [6, 6.07) is 5.53. The van der Waals surface area contributed by atoms with E-state index >= 15 is 0 Å². The summed E-state index contributed by atoms with van der Waals surface area (Å²) in [6.07, 6.45) is 91.4. The molecule has 1 aromatic rings. The monoisotopic (exact) mass is 1050 g/mol. The molecule has 0 aliphatic rings. The van der Waals surface area contributed by atoms with Crippen LogP contribution in [0.5, 0.6) is 0 Å². The van der Waals surface area contributed by atoms with Crippen LogP contribution in [0.15, 0.2) is 12.1 Å². The smallest absolute Gasteiger partial charge is 0.0162 e. The van der Waals surface area contributed by atoms with Gasteiger partial charge in [0, 0.05) is 0 Å². The lowest BCUT2D eigenvalue weighted by atomic mass is 9.82. The maximum atomic E-state index is 2.77. The zero-order valence-electron chi connectivity index (χ0n) is 53.3. The molecular formula is C75H144. The molecule has 0 fully saturated rings. The van der Waals surface area contributed by atoms with Crippen LogP contribution in [0.25, 0.3) is 0 Å². The first kappa shape index (κ1) is 72.2. The highest BCUT2D eigenvalue weighted by molar-refractivity contribution is 5.41. The molecule has 0 saturated carbocycles. The zero-order valence-corrected chi connectivity index (χ0v) is 53.3. The van der Waals surface area contributed by atoms with Crippen LogP contribution < -0.4 is 0 Å². The summed E-state index contributed by atoms with van der Waals surface area (Å²) >= 11 is 0. The van der Waals surface area contributed by atoms with Crippen LogP contribution in [0.1, 0.15) is 448 Å². The molecule has 1 unspecified atom stereocenters. The highest BCUT2D eigenvalue weighted by atomic mass is 14.2. The van der Waals surface area contributed by atoms with Gasteiger partial charge in [0.05, 0.1) is 0 Å². The Bertz CT molecular complexity index is 1180. The predicted octanol–water partition coefficient (Wildman–Crippen LogP) is 27.9. The van der Waals surface area contributed by atoms with Gasteiger partial charge in [0.2, 0.25) is 0 Å². The number of benzene rings is 1. The van der Waals surface area contributed by atoms with Crippen molar-refractivity contribution in [2.24, 2.45) is 0 Å². The maximum absolute atomic E-state index is 2.77. The minimum absolute atomic E-state index is 0.773. The van der Waals surface area contributed by atoms with E-state index in [4.69, 9.17) is 0 Å². The van der Waals surface area contributed by atoms with Crippen molar-refractivity contribution in [1.29, 1.82) is 0 Å². The van der Waals surface area contributed by atoms with Gasteiger partial charge >= 0.3 is 0 Å². The molecule has 1 aromatic carbocycles. The lowest BCUT2D eigenvalue weighted by molar-refractivity contribution is 0.478. The number of hydrogen-bond acceptors (Lipinski definition) is 0. The van der Waals surface area contributed by atoms with Crippen molar-refractivity contribution >= 4 is 0 Å². The first-order valence-corrected chi connectivity index (χ1v) is 36.4. The average Bonchev–Trinajstić information content (AvgIpc) is 3.42. The van der Waals surface area contributed by atoms with E-state index in [1.807, 2.05) is 0 Å². The fourth-order valence-corrected chi connectivity index (χ4v) is 12.8. The molecule has 1 atom stereocenters. The van der Waals surface area contributed by atoms with Crippen LogP contribution in [0.4, 0.5) is 0 Å². The van der Waals surface area contributed by atoms with Crippen molar-refractivity contribution in [1.82, 2.24) is 0 Å². The lowest BCUT2D eigenvalue weighted by Gasteiger charge is -2.23. The summed E-state index contributed by atoms with van der Waals surface area (Å²) in [5.74, 6) is 0.773. The fourth-order valence-electron chi connectivity index (χ4n) is 12.8. The minimum atomic E-state index is 0.773. The summed E-state index contributed by atoms with van der Waals surface area (Å²) in [5.41, 5.74) is 7.00. The number of hydrogen-bond donors (Lipinski definition) is 0. The summed E-state index contributed by atoms with van der Waals surface area (Å²) < 4.78 is 0. The van der Waals surface area contributed by atoms with Crippen molar-refractivity contribution in [3.8, 4) is 0 Å². The molecule has 0 aliphatic carbocycles. The zero-order chi connectivity index (χ0) is 53.8. The molecule has 0 aliphatic heterocycles. The Hall–Kier alpha value is -0.780. The van der Waals surface area contributed by atoms with E-state index in [0.717, 1.165) is 5.92 Å². The molecule has 0 spiro atoms. The van der Waals surface area contributed by atoms with Gasteiger partial charge in [-0.05, 0) is 79.5 Å². The molecule has 0 nitrogen and oxygen atoms in total. The van der Waals surface area contributed by atoms with Gasteiger partial charge in [-0.2, -0.15) is 0 Å². The van der Waals surface area contributed by atoms with Gasteiger partial charge < -0.3 is 0 Å². The highest BCUT2D eigenvalue weighted by Crippen LogP contribution is 2.34. The van der Waals surface area contributed by atoms with Crippen molar-refractivity contribution in [3.05, 3.63) is 34.4 Å². The van der Waals surface area contributed by atoms with Gasteiger partial charge in [-0.3, -0.25) is 0 Å². The molecule has 0 saturated heterocycles. The average molecular weight is 1050 g/mol. The van der Waals surface area contributed by atoms with E-state index in [9.17, 15) is 0 Å². The molecule has 0 radical (unpaired) electrons. The second-order valence-corrected chi connectivity index (χ2v) is 25.6. The highest BCUT2D eigenvalue weighted by Gasteiger charge is 2.17. The van der Waals surface area contributed by atoms with Crippen molar-refractivity contribution in [2.45, 2.75) is 445 Å². The summed E-state index contributed by atoms with van der Waals surface area (Å²) in [7, 11) is 0. The molecule has 0 heteroatoms. The van der Waals surface area contributed by atoms with Crippen LogP contribution in [0.2, 0.25) is 0 Å². The van der Waals surface area contributed by atoms with Crippen LogP contribution in [0.3, 0.4) is 0 Å². The molecule has 0 N–H and O–H groups in total. The molecule has 0 bridgehead atoms. The van der Waals surface area contributed by atoms with Gasteiger partial charge in [-0.1, -0.05) is 400 Å². The van der Waals surface area contributed by atoms with E-state index in [0.29, 0.717) is 0 Å². The minimum Gasteiger partial charge on any atom is -0.0654 e. The largest absolute Gasteiger partial charge is 0.0654 e. The Morgan fingerprint density at radius 2 is 0.373 bits per heavy atom. The topological polar surface area (TPSA) is 0 Å². The molecule has 1 rings (SSSR count). The second kappa shape index (κ2) is 60.9. The molecule has 0 amide bonds. The van der Waals surface area contributed by atoms with Gasteiger partial charge in [0.1, 0.15) is 0 Å². The normalized spacial score (nSPS) is 12.2. The van der Waals surface area contributed by atoms with Gasteiger partial charge in [-0.15, -0.1) is 0 Å². The molecule has 0 aromatic heterocycles. The molecule has 444 valence electrons. The van der Waals surface area contributed by atoms with Gasteiger partial charge in [-0.25, -0.2) is 0 Å². The van der Waals surface area contributed by atoms with Gasteiger partial charge in [0.25, 0.3) is 0 Å². The fraction of sp³-hybridized carbons (Fsp3) is 0.920. The third kappa shape index (κ3) is 48.8. The Morgan fingerprint density at radius 1 is 0.200 bits per heavy atom. The standard InChI is InChI=1S/C75H144/c1-6-11-16-18-20-22-24-26-28-30-32-34-36-38-39-41-43-45-47-49-51-53-55-57-59-61-63-67-71(74-69-72(64-13-8-3)75(68-15-10-5)73(70-74)65-14-9-4)66-62-60-58-56-54-52-50-48-46-44-42-40-37-35-33-31-29-27-25-23-21-19-17-12-7-2/h69-71H,6-68H2,1-5H3. The van der Waals surface area contributed by atoms with E-state index in [-0.39, 0.29) is 0 Å².